The van der Waals surface area contributed by atoms with Crippen LogP contribution in [0.15, 0.2) is 47.9 Å². The first-order valence-corrected chi connectivity index (χ1v) is 8.94. The molecule has 1 fully saturated rings. The second-order valence-electron chi connectivity index (χ2n) is 5.48. The lowest BCUT2D eigenvalue weighted by Crippen LogP contribution is -2.50. The molecule has 0 spiro atoms. The lowest BCUT2D eigenvalue weighted by Gasteiger charge is -2.34. The van der Waals surface area contributed by atoms with E-state index in [2.05, 4.69) is 0 Å². The molecule has 1 aromatic heterocycles. The number of hydrogen-bond acceptors (Lipinski definition) is 3. The molecule has 0 atom stereocenters. The maximum Gasteiger partial charge on any atom is 0.264 e. The molecule has 4 nitrogen and oxygen atoms in total. The van der Waals surface area contributed by atoms with Crippen LogP contribution in [-0.2, 0) is 4.79 Å². The number of amides is 2. The summed E-state index contributed by atoms with van der Waals surface area (Å²) < 4.78 is 0. The Kier molecular flexibility index (Phi) is 5.33. The second kappa shape index (κ2) is 7.64. The molecular formula is C18H17ClN2O2S. The molecule has 1 aliphatic rings. The summed E-state index contributed by atoms with van der Waals surface area (Å²) >= 11 is 7.29. The van der Waals surface area contributed by atoms with E-state index in [0.29, 0.717) is 31.2 Å². The summed E-state index contributed by atoms with van der Waals surface area (Å²) in [6.07, 6.45) is 3.35. The molecule has 0 unspecified atom stereocenters. The molecule has 6 heteroatoms. The Labute approximate surface area is 149 Å². The lowest BCUT2D eigenvalue weighted by molar-refractivity contribution is -0.127. The van der Waals surface area contributed by atoms with Crippen molar-refractivity contribution < 1.29 is 9.59 Å². The fourth-order valence-electron chi connectivity index (χ4n) is 2.53. The number of carbonyl (C=O) groups excluding carboxylic acids is 2. The van der Waals surface area contributed by atoms with Crippen molar-refractivity contribution >= 4 is 40.8 Å². The number of benzene rings is 1. The fourth-order valence-corrected chi connectivity index (χ4v) is 3.35. The van der Waals surface area contributed by atoms with Gasteiger partial charge in [0.1, 0.15) is 0 Å². The highest BCUT2D eigenvalue weighted by molar-refractivity contribution is 7.12. The number of nitrogens with zero attached hydrogens (tertiary/aromatic N) is 2. The van der Waals surface area contributed by atoms with Gasteiger partial charge in [-0.1, -0.05) is 29.8 Å². The highest BCUT2D eigenvalue weighted by atomic mass is 35.5. The van der Waals surface area contributed by atoms with E-state index >= 15 is 0 Å². The molecule has 1 aliphatic heterocycles. The molecule has 0 bridgehead atoms. The van der Waals surface area contributed by atoms with Crippen LogP contribution in [-0.4, -0.2) is 47.8 Å². The molecule has 2 amide bonds. The number of carbonyl (C=O) groups is 2. The van der Waals surface area contributed by atoms with Gasteiger partial charge in [0.15, 0.2) is 0 Å². The van der Waals surface area contributed by atoms with Crippen LogP contribution >= 0.6 is 22.9 Å². The number of thiophene rings is 1. The van der Waals surface area contributed by atoms with Crippen LogP contribution in [0.4, 0.5) is 0 Å². The van der Waals surface area contributed by atoms with Gasteiger partial charge in [0.05, 0.1) is 4.88 Å². The number of halogens is 1. The first kappa shape index (κ1) is 16.7. The smallest absolute Gasteiger partial charge is 0.264 e. The van der Waals surface area contributed by atoms with E-state index in [1.807, 2.05) is 29.6 Å². The molecule has 1 saturated heterocycles. The molecular weight excluding hydrogens is 344 g/mol. The van der Waals surface area contributed by atoms with Crippen LogP contribution in [0.5, 0.6) is 0 Å². The van der Waals surface area contributed by atoms with Gasteiger partial charge in [-0.3, -0.25) is 9.59 Å². The number of hydrogen-bond donors (Lipinski definition) is 0. The Hall–Kier alpha value is -2.11. The lowest BCUT2D eigenvalue weighted by atomic mass is 10.2. The molecule has 2 aromatic rings. The van der Waals surface area contributed by atoms with Crippen molar-refractivity contribution in [1.82, 2.24) is 9.80 Å². The molecule has 3 rings (SSSR count). The number of rotatable bonds is 3. The van der Waals surface area contributed by atoms with Crippen LogP contribution in [0, 0.1) is 0 Å². The van der Waals surface area contributed by atoms with Crippen LogP contribution in [0.2, 0.25) is 5.02 Å². The topological polar surface area (TPSA) is 40.6 Å². The zero-order chi connectivity index (χ0) is 16.9. The summed E-state index contributed by atoms with van der Waals surface area (Å²) in [5.41, 5.74) is 0.930. The van der Waals surface area contributed by atoms with Gasteiger partial charge in [-0.25, -0.2) is 0 Å². The van der Waals surface area contributed by atoms with Crippen molar-refractivity contribution in [3.63, 3.8) is 0 Å². The van der Waals surface area contributed by atoms with Gasteiger partial charge in [-0.15, -0.1) is 11.3 Å². The van der Waals surface area contributed by atoms with E-state index < -0.39 is 0 Å². The fraction of sp³-hybridized carbons (Fsp3) is 0.222. The zero-order valence-corrected chi connectivity index (χ0v) is 14.6. The average molecular weight is 361 g/mol. The quantitative estimate of drug-likeness (QED) is 0.787. The molecule has 2 heterocycles. The molecule has 0 saturated carbocycles. The summed E-state index contributed by atoms with van der Waals surface area (Å²) in [6, 6.07) is 11.0. The van der Waals surface area contributed by atoms with Crippen LogP contribution in [0.25, 0.3) is 6.08 Å². The van der Waals surface area contributed by atoms with Gasteiger partial charge in [0.2, 0.25) is 5.91 Å². The Morgan fingerprint density at radius 3 is 2.29 bits per heavy atom. The van der Waals surface area contributed by atoms with Crippen molar-refractivity contribution in [3.05, 3.63) is 63.3 Å². The predicted octanol–water partition coefficient (Wildman–Crippen LogP) is 3.40. The SMILES string of the molecule is O=C(C=Cc1ccc(Cl)cc1)N1CCN(C(=O)c2cccs2)CC1. The standard InChI is InChI=1S/C18H17ClN2O2S/c19-15-6-3-14(4-7-15)5-8-17(22)20-9-11-21(12-10-20)18(23)16-2-1-13-24-16/h1-8,13H,9-12H2. The van der Waals surface area contributed by atoms with Crippen molar-refractivity contribution in [2.45, 2.75) is 0 Å². The summed E-state index contributed by atoms with van der Waals surface area (Å²) in [4.78, 5) is 28.9. The van der Waals surface area contributed by atoms with Crippen LogP contribution in [0.3, 0.4) is 0 Å². The van der Waals surface area contributed by atoms with E-state index in [4.69, 9.17) is 11.6 Å². The minimum absolute atomic E-state index is 0.0341. The molecule has 0 aliphatic carbocycles. The largest absolute Gasteiger partial charge is 0.336 e. The summed E-state index contributed by atoms with van der Waals surface area (Å²) in [5, 5.41) is 2.57. The Balaban J connectivity index is 1.53. The van der Waals surface area contributed by atoms with Crippen molar-refractivity contribution in [1.29, 1.82) is 0 Å². The van der Waals surface area contributed by atoms with E-state index in [1.54, 1.807) is 34.1 Å². The zero-order valence-electron chi connectivity index (χ0n) is 13.0. The van der Waals surface area contributed by atoms with Gasteiger partial charge < -0.3 is 9.80 Å². The Morgan fingerprint density at radius 2 is 1.67 bits per heavy atom. The van der Waals surface area contributed by atoms with E-state index in [-0.39, 0.29) is 11.8 Å². The second-order valence-corrected chi connectivity index (χ2v) is 6.86. The Bertz CT molecular complexity index is 733. The maximum atomic E-state index is 12.3. The van der Waals surface area contributed by atoms with Gasteiger partial charge in [0.25, 0.3) is 5.91 Å². The maximum absolute atomic E-state index is 12.3. The van der Waals surface area contributed by atoms with Crippen LogP contribution < -0.4 is 0 Å². The van der Waals surface area contributed by atoms with Gasteiger partial charge in [-0.2, -0.15) is 0 Å². The molecule has 0 radical (unpaired) electrons. The molecule has 124 valence electrons. The van der Waals surface area contributed by atoms with Gasteiger partial charge in [-0.05, 0) is 35.2 Å². The van der Waals surface area contributed by atoms with Crippen molar-refractivity contribution in [2.75, 3.05) is 26.2 Å². The van der Waals surface area contributed by atoms with Crippen molar-refractivity contribution in [3.8, 4) is 0 Å². The first-order chi connectivity index (χ1) is 11.6. The molecule has 1 aromatic carbocycles. The minimum Gasteiger partial charge on any atom is -0.336 e. The average Bonchev–Trinajstić information content (AvgIpc) is 3.15. The van der Waals surface area contributed by atoms with Crippen LogP contribution in [0.1, 0.15) is 15.2 Å². The summed E-state index contributed by atoms with van der Waals surface area (Å²) in [7, 11) is 0. The van der Waals surface area contributed by atoms with Crippen molar-refractivity contribution in [2.24, 2.45) is 0 Å². The van der Waals surface area contributed by atoms with E-state index in [0.717, 1.165) is 10.4 Å². The third-order valence-electron chi connectivity index (χ3n) is 3.90. The third-order valence-corrected chi connectivity index (χ3v) is 5.01. The summed E-state index contributed by atoms with van der Waals surface area (Å²) in [6.45, 7) is 2.25. The first-order valence-electron chi connectivity index (χ1n) is 7.69. The van der Waals surface area contributed by atoms with E-state index in [9.17, 15) is 9.59 Å². The summed E-state index contributed by atoms with van der Waals surface area (Å²) in [5.74, 6) is 0.0157. The molecule has 0 N–H and O–H groups in total. The highest BCUT2D eigenvalue weighted by Crippen LogP contribution is 2.14. The minimum atomic E-state index is -0.0341. The number of piperazine rings is 1. The molecule has 24 heavy (non-hydrogen) atoms. The normalized spacial score (nSPS) is 15.0. The Morgan fingerprint density at radius 1 is 1.00 bits per heavy atom. The monoisotopic (exact) mass is 360 g/mol. The van der Waals surface area contributed by atoms with Gasteiger partial charge in [0, 0.05) is 37.3 Å². The highest BCUT2D eigenvalue weighted by Gasteiger charge is 2.24. The third kappa shape index (κ3) is 4.04. The van der Waals surface area contributed by atoms with E-state index in [1.165, 1.54) is 11.3 Å². The van der Waals surface area contributed by atoms with Gasteiger partial charge >= 0.3 is 0 Å². The predicted molar refractivity (Wildman–Crippen MR) is 97.3 cm³/mol.